The fraction of sp³-hybridized carbons (Fsp3) is 0.300. The molecule has 0 aromatic heterocycles. The van der Waals surface area contributed by atoms with E-state index in [-0.39, 0.29) is 17.6 Å². The van der Waals surface area contributed by atoms with E-state index in [9.17, 15) is 9.59 Å². The van der Waals surface area contributed by atoms with Crippen LogP contribution in [0.3, 0.4) is 0 Å². The third-order valence-electron chi connectivity index (χ3n) is 4.28. The van der Waals surface area contributed by atoms with E-state index in [0.717, 1.165) is 15.9 Å². The lowest BCUT2D eigenvalue weighted by Crippen LogP contribution is -2.59. The van der Waals surface area contributed by atoms with Crippen molar-refractivity contribution in [2.24, 2.45) is 0 Å². The number of amides is 2. The van der Waals surface area contributed by atoms with Crippen LogP contribution in [-0.2, 0) is 9.59 Å². The van der Waals surface area contributed by atoms with Crippen LogP contribution in [0.25, 0.3) is 0 Å². The molecule has 5 nitrogen and oxygen atoms in total. The summed E-state index contributed by atoms with van der Waals surface area (Å²) in [7, 11) is 0. The number of carbonyl (C=O) groups is 2. The summed E-state index contributed by atoms with van der Waals surface area (Å²) in [4.78, 5) is 26.9. The third kappa shape index (κ3) is 4.47. The molecule has 1 aliphatic rings. The van der Waals surface area contributed by atoms with Crippen molar-refractivity contribution in [1.29, 1.82) is 0 Å². The van der Waals surface area contributed by atoms with E-state index in [2.05, 4.69) is 21.2 Å². The minimum atomic E-state index is -0.932. The number of benzene rings is 2. The van der Waals surface area contributed by atoms with Crippen LogP contribution in [0.4, 0.5) is 11.4 Å². The zero-order chi connectivity index (χ0) is 19.4. The Balaban J connectivity index is 1.58. The van der Waals surface area contributed by atoms with Gasteiger partial charge in [0, 0.05) is 10.2 Å². The number of halogens is 1. The molecular weight excluding hydrogens is 428 g/mol. The summed E-state index contributed by atoms with van der Waals surface area (Å²) >= 11 is 4.90. The zero-order valence-electron chi connectivity index (χ0n) is 15.2. The van der Waals surface area contributed by atoms with Crippen LogP contribution in [-0.4, -0.2) is 35.5 Å². The highest BCUT2D eigenvalue weighted by molar-refractivity contribution is 9.10. The molecule has 27 heavy (non-hydrogen) atoms. The van der Waals surface area contributed by atoms with Gasteiger partial charge in [0.2, 0.25) is 11.8 Å². The van der Waals surface area contributed by atoms with Crippen molar-refractivity contribution >= 4 is 50.9 Å². The largest absolute Gasteiger partial charge is 0.493 e. The molecule has 0 spiro atoms. The average Bonchev–Trinajstić information content (AvgIpc) is 2.62. The molecule has 0 atom stereocenters. The topological polar surface area (TPSA) is 58.6 Å². The molecule has 0 saturated heterocycles. The predicted octanol–water partition coefficient (Wildman–Crippen LogP) is 4.33. The maximum atomic E-state index is 12.9. The predicted molar refractivity (Wildman–Crippen MR) is 114 cm³/mol. The summed E-state index contributed by atoms with van der Waals surface area (Å²) in [6.45, 7) is 4.03. The van der Waals surface area contributed by atoms with E-state index < -0.39 is 5.54 Å². The number of nitrogens with one attached hydrogen (secondary N) is 1. The first kappa shape index (κ1) is 19.8. The fourth-order valence-corrected chi connectivity index (χ4v) is 3.93. The second-order valence-electron chi connectivity index (χ2n) is 6.62. The van der Waals surface area contributed by atoms with Gasteiger partial charge in [0.05, 0.1) is 23.7 Å². The van der Waals surface area contributed by atoms with Gasteiger partial charge in [-0.15, -0.1) is 11.8 Å². The molecular formula is C20H21BrN2O3S. The van der Waals surface area contributed by atoms with Crippen LogP contribution < -0.4 is 15.0 Å². The zero-order valence-corrected chi connectivity index (χ0v) is 17.6. The van der Waals surface area contributed by atoms with Crippen LogP contribution in [0.5, 0.6) is 5.75 Å². The molecule has 1 aliphatic heterocycles. The number of anilines is 2. The highest BCUT2D eigenvalue weighted by Crippen LogP contribution is 2.37. The van der Waals surface area contributed by atoms with E-state index in [1.165, 1.54) is 11.8 Å². The quantitative estimate of drug-likeness (QED) is 0.668. The number of para-hydroxylation sites is 2. The Morgan fingerprint density at radius 3 is 2.78 bits per heavy atom. The highest BCUT2D eigenvalue weighted by Gasteiger charge is 2.43. The van der Waals surface area contributed by atoms with E-state index >= 15 is 0 Å². The number of fused-ring (bicyclic) bond motifs is 1. The molecule has 0 saturated carbocycles. The number of nitrogens with zero attached hydrogens (tertiary/aromatic N) is 1. The molecule has 3 rings (SSSR count). The van der Waals surface area contributed by atoms with Crippen molar-refractivity contribution in [1.82, 2.24) is 0 Å². The molecule has 0 radical (unpaired) electrons. The summed E-state index contributed by atoms with van der Waals surface area (Å²) in [5.41, 5.74) is 0.468. The van der Waals surface area contributed by atoms with Crippen LogP contribution >= 0.6 is 27.7 Å². The Morgan fingerprint density at radius 1 is 1.22 bits per heavy atom. The first-order chi connectivity index (χ1) is 12.9. The average molecular weight is 449 g/mol. The van der Waals surface area contributed by atoms with Crippen molar-refractivity contribution in [2.45, 2.75) is 19.4 Å². The summed E-state index contributed by atoms with van der Waals surface area (Å²) < 4.78 is 6.65. The van der Waals surface area contributed by atoms with Crippen LogP contribution in [0.15, 0.2) is 53.0 Å². The number of carbonyl (C=O) groups excluding carboxylic acids is 2. The van der Waals surface area contributed by atoms with E-state index in [4.69, 9.17) is 4.74 Å². The molecule has 1 N–H and O–H groups in total. The number of thioether (sulfide) groups is 1. The normalized spacial score (nSPS) is 15.1. The second kappa shape index (κ2) is 8.35. The summed E-state index contributed by atoms with van der Waals surface area (Å²) in [6.07, 6.45) is 0. The van der Waals surface area contributed by atoms with Gasteiger partial charge in [-0.3, -0.25) is 14.5 Å². The lowest BCUT2D eigenvalue weighted by atomic mass is 9.96. The number of hydrogen-bond donors (Lipinski definition) is 1. The van der Waals surface area contributed by atoms with Gasteiger partial charge in [0.1, 0.15) is 11.3 Å². The maximum absolute atomic E-state index is 12.9. The molecule has 0 unspecified atom stereocenters. The minimum Gasteiger partial charge on any atom is -0.493 e. The van der Waals surface area contributed by atoms with Gasteiger partial charge >= 0.3 is 0 Å². The highest BCUT2D eigenvalue weighted by atomic mass is 79.9. The van der Waals surface area contributed by atoms with Gasteiger partial charge in [0.25, 0.3) is 0 Å². The van der Waals surface area contributed by atoms with Crippen molar-refractivity contribution in [2.75, 3.05) is 28.3 Å². The molecule has 2 aromatic rings. The molecule has 0 aliphatic carbocycles. The number of ether oxygens (including phenoxy) is 1. The maximum Gasteiger partial charge on any atom is 0.250 e. The molecule has 1 heterocycles. The van der Waals surface area contributed by atoms with Gasteiger partial charge in [-0.2, -0.15) is 0 Å². The monoisotopic (exact) mass is 448 g/mol. The van der Waals surface area contributed by atoms with Crippen LogP contribution in [0.2, 0.25) is 0 Å². The Labute approximate surface area is 171 Å². The standard InChI is InChI=1S/C20H21BrN2O3S/c1-20(2)19(25)22-16-8-3-4-9-17(16)23(20)18(24)13-27-11-10-26-15-7-5-6-14(21)12-15/h3-9,12H,10-11,13H2,1-2H3,(H,22,25). The van der Waals surface area contributed by atoms with Gasteiger partial charge in [-0.25, -0.2) is 0 Å². The first-order valence-electron chi connectivity index (χ1n) is 8.59. The molecule has 2 amide bonds. The van der Waals surface area contributed by atoms with E-state index in [0.29, 0.717) is 18.0 Å². The summed E-state index contributed by atoms with van der Waals surface area (Å²) in [5, 5.41) is 2.87. The Hall–Kier alpha value is -1.99. The third-order valence-corrected chi connectivity index (χ3v) is 5.67. The fourth-order valence-electron chi connectivity index (χ4n) is 2.90. The Kier molecular flexibility index (Phi) is 6.11. The summed E-state index contributed by atoms with van der Waals surface area (Å²) in [6, 6.07) is 15.0. The molecule has 0 bridgehead atoms. The van der Waals surface area contributed by atoms with Gasteiger partial charge < -0.3 is 10.1 Å². The van der Waals surface area contributed by atoms with Crippen molar-refractivity contribution in [3.05, 3.63) is 53.0 Å². The van der Waals surface area contributed by atoms with Crippen molar-refractivity contribution < 1.29 is 14.3 Å². The molecule has 142 valence electrons. The lowest BCUT2D eigenvalue weighted by Gasteiger charge is -2.42. The lowest BCUT2D eigenvalue weighted by molar-refractivity contribution is -0.125. The van der Waals surface area contributed by atoms with E-state index in [1.807, 2.05) is 48.5 Å². The first-order valence-corrected chi connectivity index (χ1v) is 10.5. The Bertz CT molecular complexity index is 857. The molecule has 0 fully saturated rings. The molecule has 7 heteroatoms. The van der Waals surface area contributed by atoms with Gasteiger partial charge in [-0.05, 0) is 44.2 Å². The van der Waals surface area contributed by atoms with Crippen molar-refractivity contribution in [3.63, 3.8) is 0 Å². The van der Waals surface area contributed by atoms with Crippen LogP contribution in [0, 0.1) is 0 Å². The second-order valence-corrected chi connectivity index (χ2v) is 8.64. The number of hydrogen-bond acceptors (Lipinski definition) is 4. The number of rotatable bonds is 6. The van der Waals surface area contributed by atoms with Gasteiger partial charge in [-0.1, -0.05) is 34.1 Å². The SMILES string of the molecule is CC1(C)C(=O)Nc2ccccc2N1C(=O)CSCCOc1cccc(Br)c1. The smallest absolute Gasteiger partial charge is 0.250 e. The Morgan fingerprint density at radius 2 is 2.00 bits per heavy atom. The van der Waals surface area contributed by atoms with Gasteiger partial charge in [0.15, 0.2) is 0 Å². The van der Waals surface area contributed by atoms with Crippen molar-refractivity contribution in [3.8, 4) is 5.75 Å². The van der Waals surface area contributed by atoms with E-state index in [1.54, 1.807) is 18.7 Å². The molecule has 2 aromatic carbocycles. The van der Waals surface area contributed by atoms with Crippen LogP contribution in [0.1, 0.15) is 13.8 Å². The summed E-state index contributed by atoms with van der Waals surface area (Å²) in [5.74, 6) is 1.49. The minimum absolute atomic E-state index is 0.0882.